The molecule has 0 radical (unpaired) electrons. The molecule has 1 amide bonds. The summed E-state index contributed by atoms with van der Waals surface area (Å²) in [6.07, 6.45) is 1.28. The van der Waals surface area contributed by atoms with E-state index in [4.69, 9.17) is 9.47 Å². The molecule has 1 atom stereocenters. The van der Waals surface area contributed by atoms with Crippen molar-refractivity contribution in [3.63, 3.8) is 0 Å². The standard InChI is InChI=1S/C18H22N2O5/c1-18(2,3)25-17(23)20-10-14(22)12-8-9-19-11-16(12)24-15-7-5-4-6-13(15)21/h4-9,11,14,21-22H,10H2,1-3H3,(H,20,23). The Labute approximate surface area is 146 Å². The molecule has 0 aliphatic carbocycles. The van der Waals surface area contributed by atoms with Crippen LogP contribution in [0.1, 0.15) is 32.4 Å². The molecule has 0 fully saturated rings. The molecule has 0 saturated heterocycles. The average molecular weight is 346 g/mol. The van der Waals surface area contributed by atoms with Gasteiger partial charge in [-0.2, -0.15) is 0 Å². The van der Waals surface area contributed by atoms with Crippen LogP contribution in [-0.4, -0.2) is 33.4 Å². The number of pyridine rings is 1. The molecule has 1 aromatic carbocycles. The molecule has 0 bridgehead atoms. The van der Waals surface area contributed by atoms with E-state index in [1.165, 1.54) is 18.5 Å². The van der Waals surface area contributed by atoms with Gasteiger partial charge in [0.15, 0.2) is 17.2 Å². The zero-order valence-electron chi connectivity index (χ0n) is 14.4. The second-order valence-corrected chi connectivity index (χ2v) is 6.38. The maximum absolute atomic E-state index is 11.7. The minimum Gasteiger partial charge on any atom is -0.504 e. The number of amides is 1. The minimum absolute atomic E-state index is 0.0290. The van der Waals surface area contributed by atoms with Crippen LogP contribution in [-0.2, 0) is 4.74 Å². The van der Waals surface area contributed by atoms with E-state index in [-0.39, 0.29) is 23.8 Å². The fourth-order valence-electron chi connectivity index (χ4n) is 2.02. The molecule has 2 rings (SSSR count). The summed E-state index contributed by atoms with van der Waals surface area (Å²) in [5, 5.41) is 22.7. The van der Waals surface area contributed by atoms with E-state index < -0.39 is 17.8 Å². The highest BCUT2D eigenvalue weighted by Gasteiger charge is 2.19. The SMILES string of the molecule is CC(C)(C)OC(=O)NCC(O)c1ccncc1Oc1ccccc1O. The van der Waals surface area contributed by atoms with Crippen molar-refractivity contribution in [3.8, 4) is 17.2 Å². The third-order valence-corrected chi connectivity index (χ3v) is 3.10. The number of aromatic hydroxyl groups is 1. The Bertz CT molecular complexity index is 727. The molecule has 3 N–H and O–H groups in total. The number of carbonyl (C=O) groups excluding carboxylic acids is 1. The Morgan fingerprint density at radius 1 is 1.24 bits per heavy atom. The Morgan fingerprint density at radius 2 is 1.96 bits per heavy atom. The molecule has 1 aromatic heterocycles. The maximum atomic E-state index is 11.7. The first-order valence-electron chi connectivity index (χ1n) is 7.81. The van der Waals surface area contributed by atoms with Crippen molar-refractivity contribution in [3.05, 3.63) is 48.3 Å². The molecular weight excluding hydrogens is 324 g/mol. The maximum Gasteiger partial charge on any atom is 0.407 e. The molecule has 25 heavy (non-hydrogen) atoms. The number of hydrogen-bond donors (Lipinski definition) is 3. The first-order valence-corrected chi connectivity index (χ1v) is 7.81. The number of para-hydroxylation sites is 2. The van der Waals surface area contributed by atoms with Crippen molar-refractivity contribution in [1.29, 1.82) is 0 Å². The van der Waals surface area contributed by atoms with E-state index in [1.807, 2.05) is 0 Å². The Kier molecular flexibility index (Phi) is 5.82. The van der Waals surface area contributed by atoms with Crippen LogP contribution in [0.3, 0.4) is 0 Å². The van der Waals surface area contributed by atoms with Gasteiger partial charge in [-0.1, -0.05) is 12.1 Å². The molecule has 134 valence electrons. The topological polar surface area (TPSA) is 101 Å². The lowest BCUT2D eigenvalue weighted by Crippen LogP contribution is -2.34. The van der Waals surface area contributed by atoms with Crippen LogP contribution < -0.4 is 10.1 Å². The predicted octanol–water partition coefficient (Wildman–Crippen LogP) is 3.14. The quantitative estimate of drug-likeness (QED) is 0.769. The summed E-state index contributed by atoms with van der Waals surface area (Å²) >= 11 is 0. The summed E-state index contributed by atoms with van der Waals surface area (Å²) in [7, 11) is 0. The van der Waals surface area contributed by atoms with E-state index in [0.29, 0.717) is 5.56 Å². The number of phenolic OH excluding ortho intramolecular Hbond substituents is 1. The van der Waals surface area contributed by atoms with Gasteiger partial charge in [0.05, 0.1) is 12.7 Å². The van der Waals surface area contributed by atoms with Gasteiger partial charge in [0.2, 0.25) is 0 Å². The largest absolute Gasteiger partial charge is 0.504 e. The molecule has 0 aliphatic rings. The number of ether oxygens (including phenoxy) is 2. The second kappa shape index (κ2) is 7.85. The number of alkyl carbamates (subject to hydrolysis) is 1. The van der Waals surface area contributed by atoms with Crippen LogP contribution in [0.2, 0.25) is 0 Å². The van der Waals surface area contributed by atoms with Crippen molar-refractivity contribution in [2.75, 3.05) is 6.54 Å². The van der Waals surface area contributed by atoms with E-state index in [0.717, 1.165) is 0 Å². The van der Waals surface area contributed by atoms with E-state index >= 15 is 0 Å². The number of aromatic nitrogens is 1. The zero-order chi connectivity index (χ0) is 18.4. The molecule has 7 nitrogen and oxygen atoms in total. The van der Waals surface area contributed by atoms with Crippen LogP contribution in [0.15, 0.2) is 42.7 Å². The molecule has 2 aromatic rings. The average Bonchev–Trinajstić information content (AvgIpc) is 2.54. The first-order chi connectivity index (χ1) is 11.8. The van der Waals surface area contributed by atoms with Crippen molar-refractivity contribution in [2.45, 2.75) is 32.5 Å². The van der Waals surface area contributed by atoms with E-state index in [9.17, 15) is 15.0 Å². The smallest absolute Gasteiger partial charge is 0.407 e. The summed E-state index contributed by atoms with van der Waals surface area (Å²) in [6.45, 7) is 5.20. The monoisotopic (exact) mass is 346 g/mol. The number of rotatable bonds is 5. The van der Waals surface area contributed by atoms with Gasteiger partial charge in [-0.15, -0.1) is 0 Å². The normalized spacial score (nSPS) is 12.3. The predicted molar refractivity (Wildman–Crippen MR) is 91.6 cm³/mol. The fraction of sp³-hybridized carbons (Fsp3) is 0.333. The highest BCUT2D eigenvalue weighted by Crippen LogP contribution is 2.33. The Hall–Kier alpha value is -2.80. The van der Waals surface area contributed by atoms with Crippen molar-refractivity contribution < 1.29 is 24.5 Å². The molecule has 0 spiro atoms. The van der Waals surface area contributed by atoms with Crippen LogP contribution in [0.5, 0.6) is 17.2 Å². The third-order valence-electron chi connectivity index (χ3n) is 3.10. The first kappa shape index (κ1) is 18.5. The molecule has 0 saturated carbocycles. The summed E-state index contributed by atoms with van der Waals surface area (Å²) in [6, 6.07) is 8.05. The fourth-order valence-corrected chi connectivity index (χ4v) is 2.02. The lowest BCUT2D eigenvalue weighted by atomic mass is 10.1. The summed E-state index contributed by atoms with van der Waals surface area (Å²) in [5.74, 6) is 0.491. The number of aliphatic hydroxyl groups is 1. The summed E-state index contributed by atoms with van der Waals surface area (Å²) < 4.78 is 10.8. The van der Waals surface area contributed by atoms with Gasteiger partial charge in [-0.05, 0) is 39.0 Å². The molecule has 0 aliphatic heterocycles. The van der Waals surface area contributed by atoms with Crippen molar-refractivity contribution in [1.82, 2.24) is 10.3 Å². The number of phenols is 1. The van der Waals surface area contributed by atoms with Gasteiger partial charge in [0, 0.05) is 11.8 Å². The molecule has 1 unspecified atom stereocenters. The van der Waals surface area contributed by atoms with E-state index in [2.05, 4.69) is 10.3 Å². The second-order valence-electron chi connectivity index (χ2n) is 6.38. The highest BCUT2D eigenvalue weighted by atomic mass is 16.6. The number of carbonyl (C=O) groups is 1. The number of hydrogen-bond acceptors (Lipinski definition) is 6. The van der Waals surface area contributed by atoms with Gasteiger partial charge in [0.25, 0.3) is 0 Å². The lowest BCUT2D eigenvalue weighted by Gasteiger charge is -2.21. The minimum atomic E-state index is -1.03. The molecular formula is C18H22N2O5. The molecule has 1 heterocycles. The van der Waals surface area contributed by atoms with Gasteiger partial charge in [0.1, 0.15) is 11.7 Å². The number of nitrogens with zero attached hydrogens (tertiary/aromatic N) is 1. The number of benzene rings is 1. The highest BCUT2D eigenvalue weighted by molar-refractivity contribution is 5.67. The Balaban J connectivity index is 2.06. The van der Waals surface area contributed by atoms with Crippen molar-refractivity contribution >= 4 is 6.09 Å². The molecule has 7 heteroatoms. The van der Waals surface area contributed by atoms with E-state index in [1.54, 1.807) is 45.0 Å². The number of aliphatic hydroxyl groups excluding tert-OH is 1. The third kappa shape index (κ3) is 5.65. The van der Waals surface area contributed by atoms with Crippen LogP contribution in [0, 0.1) is 0 Å². The Morgan fingerprint density at radius 3 is 2.64 bits per heavy atom. The zero-order valence-corrected chi connectivity index (χ0v) is 14.4. The van der Waals surface area contributed by atoms with Gasteiger partial charge < -0.3 is 25.0 Å². The van der Waals surface area contributed by atoms with Gasteiger partial charge in [-0.3, -0.25) is 4.98 Å². The van der Waals surface area contributed by atoms with Gasteiger partial charge >= 0.3 is 6.09 Å². The van der Waals surface area contributed by atoms with Gasteiger partial charge in [-0.25, -0.2) is 4.79 Å². The lowest BCUT2D eigenvalue weighted by molar-refractivity contribution is 0.0491. The summed E-state index contributed by atoms with van der Waals surface area (Å²) in [5.41, 5.74) is -0.195. The number of nitrogens with one attached hydrogen (secondary N) is 1. The van der Waals surface area contributed by atoms with Crippen molar-refractivity contribution in [2.24, 2.45) is 0 Å². The summed E-state index contributed by atoms with van der Waals surface area (Å²) in [4.78, 5) is 15.7. The van der Waals surface area contributed by atoms with Crippen LogP contribution in [0.4, 0.5) is 4.79 Å². The van der Waals surface area contributed by atoms with Crippen LogP contribution >= 0.6 is 0 Å². The van der Waals surface area contributed by atoms with Crippen LogP contribution in [0.25, 0.3) is 0 Å².